The Balaban J connectivity index is 1.69. The summed E-state index contributed by atoms with van der Waals surface area (Å²) >= 11 is 0. The fourth-order valence-electron chi connectivity index (χ4n) is 3.86. The number of likely N-dealkylation sites (N-methyl/N-ethyl adjacent to an activating group) is 1. The normalized spacial score (nSPS) is 26.3. The first kappa shape index (κ1) is 16.5. The molecule has 0 N–H and O–H groups in total. The molecule has 128 valence electrons. The maximum atomic E-state index is 11.8. The molecule has 2 atom stereocenters. The number of hydrogen-bond acceptors (Lipinski definition) is 4. The van der Waals surface area contributed by atoms with Gasteiger partial charge in [-0.2, -0.15) is 5.10 Å². The first-order chi connectivity index (χ1) is 11.0. The van der Waals surface area contributed by atoms with Crippen molar-refractivity contribution >= 4 is 5.91 Å². The Morgan fingerprint density at radius 3 is 2.78 bits per heavy atom. The molecule has 0 saturated carbocycles. The minimum absolute atomic E-state index is 0.0989. The summed E-state index contributed by atoms with van der Waals surface area (Å²) < 4.78 is 7.90. The van der Waals surface area contributed by atoms with Crippen molar-refractivity contribution < 1.29 is 9.53 Å². The summed E-state index contributed by atoms with van der Waals surface area (Å²) in [6, 6.07) is 0. The molecule has 1 aromatic rings. The molecule has 3 heterocycles. The average molecular weight is 320 g/mol. The highest BCUT2D eigenvalue weighted by molar-refractivity contribution is 5.77. The van der Waals surface area contributed by atoms with E-state index in [1.165, 1.54) is 11.3 Å². The predicted octanol–water partition coefficient (Wildman–Crippen LogP) is 1.20. The number of likely N-dealkylation sites (tertiary alicyclic amines) is 1. The Morgan fingerprint density at radius 1 is 1.30 bits per heavy atom. The molecule has 2 fully saturated rings. The molecule has 2 aliphatic heterocycles. The second-order valence-electron chi connectivity index (χ2n) is 6.87. The molecule has 1 aromatic heterocycles. The molecule has 0 unspecified atom stereocenters. The van der Waals surface area contributed by atoms with E-state index < -0.39 is 0 Å². The number of hydrogen-bond donors (Lipinski definition) is 0. The molecule has 0 bridgehead atoms. The molecule has 1 amide bonds. The molecule has 6 heteroatoms. The molecule has 0 radical (unpaired) electrons. The highest BCUT2D eigenvalue weighted by Gasteiger charge is 2.35. The number of rotatable bonds is 3. The van der Waals surface area contributed by atoms with Gasteiger partial charge in [-0.05, 0) is 27.2 Å². The number of aryl methyl sites for hydroxylation is 2. The van der Waals surface area contributed by atoms with Crippen LogP contribution in [0.15, 0.2) is 0 Å². The molecule has 0 spiro atoms. The molecule has 6 nitrogen and oxygen atoms in total. The third kappa shape index (κ3) is 3.28. The summed E-state index contributed by atoms with van der Waals surface area (Å²) in [4.78, 5) is 16.1. The van der Waals surface area contributed by atoms with Gasteiger partial charge in [0.2, 0.25) is 5.91 Å². The average Bonchev–Trinajstić information content (AvgIpc) is 2.71. The van der Waals surface area contributed by atoms with E-state index in [2.05, 4.69) is 35.5 Å². The van der Waals surface area contributed by atoms with Crippen molar-refractivity contribution in [2.75, 3.05) is 33.3 Å². The van der Waals surface area contributed by atoms with Crippen LogP contribution in [0.25, 0.3) is 0 Å². The van der Waals surface area contributed by atoms with Gasteiger partial charge in [-0.25, -0.2) is 0 Å². The zero-order valence-electron chi connectivity index (χ0n) is 14.7. The first-order valence-corrected chi connectivity index (χ1v) is 8.60. The van der Waals surface area contributed by atoms with Gasteiger partial charge in [0.15, 0.2) is 0 Å². The van der Waals surface area contributed by atoms with Crippen LogP contribution >= 0.6 is 0 Å². The lowest BCUT2D eigenvalue weighted by Crippen LogP contribution is -2.46. The number of fused-ring (bicyclic) bond motifs is 1. The monoisotopic (exact) mass is 320 g/mol. The van der Waals surface area contributed by atoms with E-state index in [0.29, 0.717) is 5.92 Å². The lowest BCUT2D eigenvalue weighted by Gasteiger charge is -2.37. The number of carbonyl (C=O) groups is 1. The summed E-state index contributed by atoms with van der Waals surface area (Å²) in [5.41, 5.74) is 3.76. The zero-order chi connectivity index (χ0) is 16.6. The van der Waals surface area contributed by atoms with Crippen molar-refractivity contribution in [2.24, 2.45) is 5.92 Å². The van der Waals surface area contributed by atoms with E-state index in [9.17, 15) is 4.79 Å². The van der Waals surface area contributed by atoms with Gasteiger partial charge in [0.05, 0.1) is 11.8 Å². The first-order valence-electron chi connectivity index (χ1n) is 8.60. The highest BCUT2D eigenvalue weighted by Crippen LogP contribution is 2.26. The SMILES string of the molecule is CCn1nc(C)c(CN2CC[C@@H]3OCC(=O)N(C)C[C@H]3C2)c1C. The van der Waals surface area contributed by atoms with E-state index in [1.807, 2.05) is 11.9 Å². The van der Waals surface area contributed by atoms with Gasteiger partial charge in [0.25, 0.3) is 0 Å². The van der Waals surface area contributed by atoms with Gasteiger partial charge < -0.3 is 9.64 Å². The molecule has 23 heavy (non-hydrogen) atoms. The van der Waals surface area contributed by atoms with E-state index >= 15 is 0 Å². The van der Waals surface area contributed by atoms with E-state index in [0.717, 1.165) is 44.8 Å². The lowest BCUT2D eigenvalue weighted by molar-refractivity contribution is -0.133. The van der Waals surface area contributed by atoms with Gasteiger partial charge in [-0.1, -0.05) is 0 Å². The van der Waals surface area contributed by atoms with E-state index in [4.69, 9.17) is 4.74 Å². The Hall–Kier alpha value is -1.40. The minimum Gasteiger partial charge on any atom is -0.368 e. The lowest BCUT2D eigenvalue weighted by atomic mass is 9.93. The van der Waals surface area contributed by atoms with Crippen LogP contribution in [0.5, 0.6) is 0 Å². The van der Waals surface area contributed by atoms with Crippen LogP contribution in [-0.4, -0.2) is 64.9 Å². The van der Waals surface area contributed by atoms with E-state index in [1.54, 1.807) is 0 Å². The number of amides is 1. The third-order valence-corrected chi connectivity index (χ3v) is 5.32. The van der Waals surface area contributed by atoms with E-state index in [-0.39, 0.29) is 18.6 Å². The largest absolute Gasteiger partial charge is 0.368 e. The minimum atomic E-state index is 0.0989. The molecule has 2 aliphatic rings. The van der Waals surface area contributed by atoms with Crippen LogP contribution in [0.4, 0.5) is 0 Å². The van der Waals surface area contributed by atoms with Crippen molar-refractivity contribution in [1.82, 2.24) is 19.6 Å². The highest BCUT2D eigenvalue weighted by atomic mass is 16.5. The third-order valence-electron chi connectivity index (χ3n) is 5.32. The summed E-state index contributed by atoms with van der Waals surface area (Å²) in [6.07, 6.45) is 1.23. The van der Waals surface area contributed by atoms with Crippen molar-refractivity contribution in [2.45, 2.75) is 46.4 Å². The van der Waals surface area contributed by atoms with Gasteiger partial charge in [-0.15, -0.1) is 0 Å². The Bertz CT molecular complexity index is 583. The van der Waals surface area contributed by atoms with Gasteiger partial charge in [-0.3, -0.25) is 14.4 Å². The van der Waals surface area contributed by atoms with Crippen molar-refractivity contribution in [3.05, 3.63) is 17.0 Å². The smallest absolute Gasteiger partial charge is 0.248 e. The fraction of sp³-hybridized carbons (Fsp3) is 0.765. The van der Waals surface area contributed by atoms with Crippen molar-refractivity contribution in [3.63, 3.8) is 0 Å². The Labute approximate surface area is 138 Å². The standard InChI is InChI=1S/C17H28N4O2/c1-5-21-13(3)15(12(2)18-21)10-20-7-6-16-14(9-20)8-19(4)17(22)11-23-16/h14,16H,5-11H2,1-4H3/t14-,16-/m0/s1. The maximum absolute atomic E-state index is 11.8. The topological polar surface area (TPSA) is 50.6 Å². The molecule has 0 aliphatic carbocycles. The predicted molar refractivity (Wildman–Crippen MR) is 88.1 cm³/mol. The summed E-state index contributed by atoms with van der Waals surface area (Å²) in [7, 11) is 1.88. The fourth-order valence-corrected chi connectivity index (χ4v) is 3.86. The molecule has 0 aromatic carbocycles. The number of aromatic nitrogens is 2. The maximum Gasteiger partial charge on any atom is 0.248 e. The molecule has 2 saturated heterocycles. The van der Waals surface area contributed by atoms with Crippen LogP contribution in [0, 0.1) is 19.8 Å². The van der Waals surface area contributed by atoms with Crippen LogP contribution < -0.4 is 0 Å². The van der Waals surface area contributed by atoms with Crippen LogP contribution in [0.3, 0.4) is 0 Å². The molecular weight excluding hydrogens is 292 g/mol. The van der Waals surface area contributed by atoms with Crippen molar-refractivity contribution in [1.29, 1.82) is 0 Å². The van der Waals surface area contributed by atoms with Gasteiger partial charge >= 0.3 is 0 Å². The second kappa shape index (κ2) is 6.61. The van der Waals surface area contributed by atoms with Gasteiger partial charge in [0.1, 0.15) is 6.61 Å². The molecule has 3 rings (SSSR count). The second-order valence-corrected chi connectivity index (χ2v) is 6.87. The Kier molecular flexibility index (Phi) is 4.73. The van der Waals surface area contributed by atoms with Crippen molar-refractivity contribution in [3.8, 4) is 0 Å². The Morgan fingerprint density at radius 2 is 2.09 bits per heavy atom. The number of ether oxygens (including phenoxy) is 1. The number of nitrogens with zero attached hydrogens (tertiary/aromatic N) is 4. The summed E-state index contributed by atoms with van der Waals surface area (Å²) in [5.74, 6) is 0.504. The summed E-state index contributed by atoms with van der Waals surface area (Å²) in [5, 5.41) is 4.63. The zero-order valence-corrected chi connectivity index (χ0v) is 14.7. The number of carbonyl (C=O) groups excluding carboxylic acids is 1. The van der Waals surface area contributed by atoms with Crippen LogP contribution in [-0.2, 0) is 22.6 Å². The van der Waals surface area contributed by atoms with Crippen LogP contribution in [0.2, 0.25) is 0 Å². The number of piperidine rings is 1. The summed E-state index contributed by atoms with van der Waals surface area (Å²) in [6.45, 7) is 11.3. The molecular formula is C17H28N4O2. The van der Waals surface area contributed by atoms with Gasteiger partial charge in [0, 0.05) is 56.9 Å². The van der Waals surface area contributed by atoms with Crippen LogP contribution in [0.1, 0.15) is 30.3 Å². The quantitative estimate of drug-likeness (QED) is 0.840.